The van der Waals surface area contributed by atoms with Crippen LogP contribution >= 0.6 is 0 Å². The quantitative estimate of drug-likeness (QED) is 0.340. The predicted octanol–water partition coefficient (Wildman–Crippen LogP) is 8.12. The summed E-state index contributed by atoms with van der Waals surface area (Å²) < 4.78 is 0. The van der Waals surface area contributed by atoms with Gasteiger partial charge in [-0.1, -0.05) is 95.6 Å². The summed E-state index contributed by atoms with van der Waals surface area (Å²) in [7, 11) is 0. The maximum absolute atomic E-state index is 2.38. The van der Waals surface area contributed by atoms with Crippen LogP contribution in [0.2, 0.25) is 0 Å². The Bertz CT molecular complexity index is 509. The Labute approximate surface area is 150 Å². The van der Waals surface area contributed by atoms with Gasteiger partial charge in [0.15, 0.2) is 0 Å². The highest BCUT2D eigenvalue weighted by Gasteiger charge is 2.30. The van der Waals surface area contributed by atoms with Crippen molar-refractivity contribution in [3.63, 3.8) is 0 Å². The van der Waals surface area contributed by atoms with Gasteiger partial charge in [0.25, 0.3) is 0 Å². The van der Waals surface area contributed by atoms with Gasteiger partial charge in [0, 0.05) is 5.92 Å². The number of benzene rings is 1. The Morgan fingerprint density at radius 3 is 1.62 bits per heavy atom. The topological polar surface area (TPSA) is 0 Å². The van der Waals surface area contributed by atoms with E-state index < -0.39 is 0 Å². The molecule has 1 aromatic carbocycles. The summed E-state index contributed by atoms with van der Waals surface area (Å²) in [5, 5.41) is 0. The highest BCUT2D eigenvalue weighted by molar-refractivity contribution is 5.83. The van der Waals surface area contributed by atoms with Gasteiger partial charge in [-0.3, -0.25) is 0 Å². The summed E-state index contributed by atoms with van der Waals surface area (Å²) in [5.41, 5.74) is 6.55. The van der Waals surface area contributed by atoms with Crippen LogP contribution in [0.25, 0.3) is 5.57 Å². The van der Waals surface area contributed by atoms with Gasteiger partial charge in [0.1, 0.15) is 0 Å². The molecule has 0 saturated heterocycles. The van der Waals surface area contributed by atoms with E-state index in [1.54, 1.807) is 28.2 Å². The summed E-state index contributed by atoms with van der Waals surface area (Å²) >= 11 is 0. The number of hydrogen-bond donors (Lipinski definition) is 0. The van der Waals surface area contributed by atoms with E-state index in [0.717, 1.165) is 0 Å². The molecule has 0 aromatic heterocycles. The van der Waals surface area contributed by atoms with E-state index in [4.69, 9.17) is 0 Å². The second kappa shape index (κ2) is 10.7. The fraction of sp³-hybridized carbons (Fsp3) is 0.625. The van der Waals surface area contributed by atoms with Crippen molar-refractivity contribution in [3.8, 4) is 0 Å². The lowest BCUT2D eigenvalue weighted by molar-refractivity contribution is 0.666. The summed E-state index contributed by atoms with van der Waals surface area (Å²) in [6.45, 7) is 6.93. The average molecular weight is 326 g/mol. The molecule has 133 valence electrons. The zero-order chi connectivity index (χ0) is 17.2. The SMILES string of the molecule is CCCCC[C]1C(CCCCC)=C(CCCCC)c2ccccc21. The van der Waals surface area contributed by atoms with Crippen molar-refractivity contribution in [2.45, 2.75) is 97.8 Å². The van der Waals surface area contributed by atoms with Crippen LogP contribution in [0, 0.1) is 5.92 Å². The Kier molecular flexibility index (Phi) is 8.64. The number of hydrogen-bond acceptors (Lipinski definition) is 0. The molecule has 0 saturated carbocycles. The van der Waals surface area contributed by atoms with Gasteiger partial charge < -0.3 is 0 Å². The normalized spacial score (nSPS) is 14.5. The molecule has 2 rings (SSSR count). The first-order valence-corrected chi connectivity index (χ1v) is 10.5. The van der Waals surface area contributed by atoms with Gasteiger partial charge in [-0.15, -0.1) is 0 Å². The van der Waals surface area contributed by atoms with Crippen molar-refractivity contribution >= 4 is 5.57 Å². The van der Waals surface area contributed by atoms with Crippen molar-refractivity contribution in [2.75, 3.05) is 0 Å². The van der Waals surface area contributed by atoms with E-state index in [9.17, 15) is 0 Å². The number of fused-ring (bicyclic) bond motifs is 1. The fourth-order valence-electron chi connectivity index (χ4n) is 4.04. The number of rotatable bonds is 12. The second-order valence-electron chi connectivity index (χ2n) is 7.35. The van der Waals surface area contributed by atoms with Gasteiger partial charge in [0.2, 0.25) is 0 Å². The zero-order valence-electron chi connectivity index (χ0n) is 16.3. The van der Waals surface area contributed by atoms with Gasteiger partial charge in [-0.25, -0.2) is 0 Å². The fourth-order valence-corrected chi connectivity index (χ4v) is 4.04. The number of unbranched alkanes of at least 4 members (excludes halogenated alkanes) is 6. The highest BCUT2D eigenvalue weighted by Crippen LogP contribution is 2.47. The summed E-state index contributed by atoms with van der Waals surface area (Å²) in [6, 6.07) is 9.22. The van der Waals surface area contributed by atoms with Gasteiger partial charge in [-0.2, -0.15) is 0 Å². The Balaban J connectivity index is 2.23. The van der Waals surface area contributed by atoms with E-state index >= 15 is 0 Å². The van der Waals surface area contributed by atoms with Crippen LogP contribution in [-0.4, -0.2) is 0 Å². The number of allylic oxidation sites excluding steroid dienone is 2. The Morgan fingerprint density at radius 2 is 1.04 bits per heavy atom. The minimum atomic E-state index is 1.28. The van der Waals surface area contributed by atoms with E-state index in [1.165, 1.54) is 77.0 Å². The van der Waals surface area contributed by atoms with Crippen LogP contribution in [0.3, 0.4) is 0 Å². The standard InChI is InChI=1S/C24H37/c1-4-7-10-15-20-21(16-11-8-5-2)23-18-13-14-19-24(23)22(20)17-12-9-6-3/h13-14,18-19H,4-12,15-17H2,1-3H3. The smallest absolute Gasteiger partial charge is 0.0308 e. The molecular formula is C24H37. The highest BCUT2D eigenvalue weighted by atomic mass is 14.3. The molecule has 0 fully saturated rings. The second-order valence-corrected chi connectivity index (χ2v) is 7.35. The molecule has 0 unspecified atom stereocenters. The summed E-state index contributed by atoms with van der Waals surface area (Å²) in [5.74, 6) is 1.70. The van der Waals surface area contributed by atoms with E-state index in [0.29, 0.717) is 0 Å². The third-order valence-electron chi connectivity index (χ3n) is 5.40. The third-order valence-corrected chi connectivity index (χ3v) is 5.40. The predicted molar refractivity (Wildman–Crippen MR) is 108 cm³/mol. The van der Waals surface area contributed by atoms with E-state index in [2.05, 4.69) is 45.0 Å². The molecule has 0 atom stereocenters. The van der Waals surface area contributed by atoms with Crippen molar-refractivity contribution < 1.29 is 0 Å². The van der Waals surface area contributed by atoms with Crippen molar-refractivity contribution in [3.05, 3.63) is 46.9 Å². The zero-order valence-corrected chi connectivity index (χ0v) is 16.3. The van der Waals surface area contributed by atoms with Crippen LogP contribution in [-0.2, 0) is 0 Å². The summed E-state index contributed by atoms with van der Waals surface area (Å²) in [4.78, 5) is 0. The Morgan fingerprint density at radius 1 is 0.542 bits per heavy atom. The molecule has 1 radical (unpaired) electrons. The van der Waals surface area contributed by atoms with Crippen LogP contribution in [0.5, 0.6) is 0 Å². The van der Waals surface area contributed by atoms with Crippen LogP contribution in [0.15, 0.2) is 29.8 Å². The van der Waals surface area contributed by atoms with E-state index in [1.807, 2.05) is 0 Å². The Hall–Kier alpha value is -1.04. The minimum Gasteiger partial charge on any atom is -0.0654 e. The molecule has 1 aromatic rings. The van der Waals surface area contributed by atoms with Crippen molar-refractivity contribution in [2.24, 2.45) is 0 Å². The lowest BCUT2D eigenvalue weighted by atomic mass is 9.87. The molecule has 1 aliphatic rings. The molecule has 0 heterocycles. The van der Waals surface area contributed by atoms with Crippen LogP contribution in [0.4, 0.5) is 0 Å². The molecule has 0 bridgehead atoms. The van der Waals surface area contributed by atoms with Gasteiger partial charge in [-0.05, 0) is 48.8 Å². The average Bonchev–Trinajstić information content (AvgIpc) is 2.89. The molecule has 0 nitrogen and oxygen atoms in total. The van der Waals surface area contributed by atoms with Crippen LogP contribution in [0.1, 0.15) is 109 Å². The first kappa shape index (κ1) is 19.3. The first-order valence-electron chi connectivity index (χ1n) is 10.5. The first-order chi connectivity index (χ1) is 11.8. The largest absolute Gasteiger partial charge is 0.0654 e. The van der Waals surface area contributed by atoms with E-state index in [-0.39, 0.29) is 0 Å². The lowest BCUT2D eigenvalue weighted by Crippen LogP contribution is -2.01. The van der Waals surface area contributed by atoms with Gasteiger partial charge in [0.05, 0.1) is 0 Å². The molecule has 24 heavy (non-hydrogen) atoms. The molecule has 0 amide bonds. The molecule has 0 heteroatoms. The van der Waals surface area contributed by atoms with Crippen molar-refractivity contribution in [1.29, 1.82) is 0 Å². The molecular weight excluding hydrogens is 288 g/mol. The molecule has 0 spiro atoms. The molecule has 0 aliphatic heterocycles. The minimum absolute atomic E-state index is 1.28. The summed E-state index contributed by atoms with van der Waals surface area (Å²) in [6.07, 6.45) is 15.9. The maximum atomic E-state index is 2.38. The maximum Gasteiger partial charge on any atom is 0.0308 e. The van der Waals surface area contributed by atoms with Crippen LogP contribution < -0.4 is 0 Å². The van der Waals surface area contributed by atoms with Crippen molar-refractivity contribution in [1.82, 2.24) is 0 Å². The lowest BCUT2D eigenvalue weighted by Gasteiger charge is -2.17. The molecule has 1 aliphatic carbocycles. The third kappa shape index (κ3) is 4.98. The monoisotopic (exact) mass is 325 g/mol. The van der Waals surface area contributed by atoms with Gasteiger partial charge >= 0.3 is 0 Å². The molecule has 0 N–H and O–H groups in total.